The molecule has 0 bridgehead atoms. The van der Waals surface area contributed by atoms with Crippen molar-refractivity contribution in [3.8, 4) is 0 Å². The van der Waals surface area contributed by atoms with Gasteiger partial charge >= 0.3 is 23.9 Å². The zero-order chi connectivity index (χ0) is 19.6. The molecule has 8 heteroatoms. The fourth-order valence-electron chi connectivity index (χ4n) is 1.90. The van der Waals surface area contributed by atoms with E-state index in [1.807, 2.05) is 0 Å². The topological polar surface area (TPSA) is 105 Å². The van der Waals surface area contributed by atoms with E-state index in [-0.39, 0.29) is 36.7 Å². The summed E-state index contributed by atoms with van der Waals surface area (Å²) < 4.78 is 19.6. The van der Waals surface area contributed by atoms with Crippen LogP contribution in [0.1, 0.15) is 65.2 Å². The lowest BCUT2D eigenvalue weighted by atomic mass is 10.2. The van der Waals surface area contributed by atoms with Crippen LogP contribution < -0.4 is 0 Å². The molecule has 0 saturated heterocycles. The minimum absolute atomic E-state index is 0.264. The average Bonchev–Trinajstić information content (AvgIpc) is 2.57. The van der Waals surface area contributed by atoms with E-state index in [9.17, 15) is 19.2 Å². The highest BCUT2D eigenvalue weighted by Crippen LogP contribution is 2.04. The van der Waals surface area contributed by atoms with Crippen molar-refractivity contribution in [1.82, 2.24) is 0 Å². The van der Waals surface area contributed by atoms with Gasteiger partial charge in [0.05, 0.1) is 26.4 Å². The first-order valence-corrected chi connectivity index (χ1v) is 8.99. The Morgan fingerprint density at radius 3 is 1.12 bits per heavy atom. The van der Waals surface area contributed by atoms with Crippen molar-refractivity contribution in [3.63, 3.8) is 0 Å². The highest BCUT2D eigenvalue weighted by atomic mass is 16.5. The summed E-state index contributed by atoms with van der Waals surface area (Å²) in [5.41, 5.74) is 0. The van der Waals surface area contributed by atoms with Crippen molar-refractivity contribution in [2.75, 3.05) is 26.4 Å². The van der Waals surface area contributed by atoms with Crippen molar-refractivity contribution in [3.05, 3.63) is 0 Å². The number of unbranched alkanes of at least 4 members (excludes halogenated alkanes) is 3. The summed E-state index contributed by atoms with van der Waals surface area (Å²) in [5, 5.41) is 0. The number of ether oxygens (including phenoxy) is 4. The Morgan fingerprint density at radius 1 is 0.500 bits per heavy atom. The third-order valence-corrected chi connectivity index (χ3v) is 3.23. The van der Waals surface area contributed by atoms with Gasteiger partial charge in [-0.3, -0.25) is 19.2 Å². The van der Waals surface area contributed by atoms with E-state index in [4.69, 9.17) is 18.9 Å². The molecule has 0 aliphatic heterocycles. The van der Waals surface area contributed by atoms with Gasteiger partial charge in [0, 0.05) is 26.7 Å². The van der Waals surface area contributed by atoms with Gasteiger partial charge in [0.2, 0.25) is 0 Å². The molecule has 0 unspecified atom stereocenters. The second kappa shape index (κ2) is 16.4. The van der Waals surface area contributed by atoms with Crippen LogP contribution in [-0.2, 0) is 38.1 Å². The maximum atomic E-state index is 11.5. The van der Waals surface area contributed by atoms with Crippen LogP contribution in [0.2, 0.25) is 0 Å². The SMILES string of the molecule is CC(=O)OCCCCOC(=O)CCCCC(=O)OCCCCOC(C)=O. The van der Waals surface area contributed by atoms with E-state index >= 15 is 0 Å². The highest BCUT2D eigenvalue weighted by molar-refractivity contribution is 5.70. The van der Waals surface area contributed by atoms with Crippen molar-refractivity contribution >= 4 is 23.9 Å². The Kier molecular flexibility index (Phi) is 15.0. The van der Waals surface area contributed by atoms with E-state index in [2.05, 4.69) is 0 Å². The van der Waals surface area contributed by atoms with Gasteiger partial charge in [-0.05, 0) is 38.5 Å². The molecule has 0 rings (SSSR count). The van der Waals surface area contributed by atoms with Gasteiger partial charge in [-0.25, -0.2) is 0 Å². The quantitative estimate of drug-likeness (QED) is 0.244. The van der Waals surface area contributed by atoms with Crippen LogP contribution in [0, 0.1) is 0 Å². The van der Waals surface area contributed by atoms with Crippen LogP contribution in [0.3, 0.4) is 0 Å². The van der Waals surface area contributed by atoms with E-state index in [1.54, 1.807) is 0 Å². The zero-order valence-corrected chi connectivity index (χ0v) is 15.8. The normalized spacial score (nSPS) is 10.1. The lowest BCUT2D eigenvalue weighted by Gasteiger charge is -2.06. The molecule has 0 aromatic rings. The number of carbonyl (C=O) groups is 4. The van der Waals surface area contributed by atoms with Gasteiger partial charge in [0.15, 0.2) is 0 Å². The average molecular weight is 374 g/mol. The summed E-state index contributed by atoms with van der Waals surface area (Å²) in [7, 11) is 0. The number of esters is 4. The molecule has 0 fully saturated rings. The number of rotatable bonds is 15. The highest BCUT2D eigenvalue weighted by Gasteiger charge is 2.06. The van der Waals surface area contributed by atoms with Gasteiger partial charge in [-0.1, -0.05) is 0 Å². The van der Waals surface area contributed by atoms with Crippen molar-refractivity contribution in [2.24, 2.45) is 0 Å². The van der Waals surface area contributed by atoms with Crippen LogP contribution in [-0.4, -0.2) is 50.3 Å². The third kappa shape index (κ3) is 18.2. The molecule has 0 N–H and O–H groups in total. The number of hydrogen-bond donors (Lipinski definition) is 0. The number of carbonyl (C=O) groups excluding carboxylic acids is 4. The van der Waals surface area contributed by atoms with Crippen LogP contribution >= 0.6 is 0 Å². The molecular formula is C18H30O8. The maximum Gasteiger partial charge on any atom is 0.305 e. The fourth-order valence-corrected chi connectivity index (χ4v) is 1.90. The van der Waals surface area contributed by atoms with Crippen LogP contribution in [0.15, 0.2) is 0 Å². The van der Waals surface area contributed by atoms with E-state index in [1.165, 1.54) is 13.8 Å². The molecule has 0 heterocycles. The van der Waals surface area contributed by atoms with Gasteiger partial charge in [-0.15, -0.1) is 0 Å². The second-order valence-electron chi connectivity index (χ2n) is 5.74. The molecule has 0 aromatic heterocycles. The van der Waals surface area contributed by atoms with Gasteiger partial charge in [-0.2, -0.15) is 0 Å². The Hall–Kier alpha value is -2.12. The van der Waals surface area contributed by atoms with Crippen LogP contribution in [0.4, 0.5) is 0 Å². The third-order valence-electron chi connectivity index (χ3n) is 3.23. The van der Waals surface area contributed by atoms with Gasteiger partial charge in [0.25, 0.3) is 0 Å². The molecule has 0 amide bonds. The molecule has 8 nitrogen and oxygen atoms in total. The molecule has 0 aliphatic rings. The van der Waals surface area contributed by atoms with Crippen LogP contribution in [0.25, 0.3) is 0 Å². The monoisotopic (exact) mass is 374 g/mol. The Morgan fingerprint density at radius 2 is 0.808 bits per heavy atom. The van der Waals surface area contributed by atoms with Crippen molar-refractivity contribution < 1.29 is 38.1 Å². The van der Waals surface area contributed by atoms with Gasteiger partial charge in [0.1, 0.15) is 0 Å². The minimum atomic E-state index is -0.317. The fraction of sp³-hybridized carbons (Fsp3) is 0.778. The lowest BCUT2D eigenvalue weighted by Crippen LogP contribution is -2.09. The predicted octanol–water partition coefficient (Wildman–Crippen LogP) is 2.32. The molecule has 0 atom stereocenters. The molecule has 0 saturated carbocycles. The Labute approximate surface area is 154 Å². The zero-order valence-electron chi connectivity index (χ0n) is 15.8. The maximum absolute atomic E-state index is 11.5. The summed E-state index contributed by atoms with van der Waals surface area (Å²) in [6.45, 7) is 3.96. The van der Waals surface area contributed by atoms with Crippen LogP contribution in [0.5, 0.6) is 0 Å². The van der Waals surface area contributed by atoms with Crippen molar-refractivity contribution in [2.45, 2.75) is 65.2 Å². The summed E-state index contributed by atoms with van der Waals surface area (Å²) in [4.78, 5) is 44.1. The summed E-state index contributed by atoms with van der Waals surface area (Å²) in [6.07, 6.45) is 4.24. The van der Waals surface area contributed by atoms with Gasteiger partial charge < -0.3 is 18.9 Å². The molecule has 0 aromatic carbocycles. The largest absolute Gasteiger partial charge is 0.466 e. The summed E-state index contributed by atoms with van der Waals surface area (Å²) in [6, 6.07) is 0. The number of hydrogen-bond acceptors (Lipinski definition) is 8. The Balaban J connectivity index is 3.38. The molecular weight excluding hydrogens is 344 g/mol. The lowest BCUT2D eigenvalue weighted by molar-refractivity contribution is -0.146. The van der Waals surface area contributed by atoms with E-state index < -0.39 is 0 Å². The smallest absolute Gasteiger partial charge is 0.305 e. The predicted molar refractivity (Wildman–Crippen MR) is 92.1 cm³/mol. The Bertz CT molecular complexity index is 393. The molecule has 0 aliphatic carbocycles. The summed E-state index contributed by atoms with van der Waals surface area (Å²) >= 11 is 0. The first kappa shape index (κ1) is 23.9. The standard InChI is InChI=1S/C18H30O8/c1-15(19)23-11-5-7-13-25-17(21)9-3-4-10-18(22)26-14-8-6-12-24-16(2)20/h3-14H2,1-2H3. The molecule has 26 heavy (non-hydrogen) atoms. The molecule has 0 radical (unpaired) electrons. The first-order valence-electron chi connectivity index (χ1n) is 8.99. The first-order chi connectivity index (χ1) is 12.4. The minimum Gasteiger partial charge on any atom is -0.466 e. The molecule has 150 valence electrons. The van der Waals surface area contributed by atoms with Crippen molar-refractivity contribution in [1.29, 1.82) is 0 Å². The second-order valence-corrected chi connectivity index (χ2v) is 5.74. The molecule has 0 spiro atoms. The summed E-state index contributed by atoms with van der Waals surface area (Å²) in [5.74, 6) is -1.22. The van der Waals surface area contributed by atoms with E-state index in [0.717, 1.165) is 0 Å². The van der Waals surface area contributed by atoms with E-state index in [0.29, 0.717) is 65.0 Å².